The second kappa shape index (κ2) is 7.41. The van der Waals surface area contributed by atoms with E-state index in [9.17, 15) is 9.90 Å². The number of nitrogens with one attached hydrogen (secondary N) is 1. The Kier molecular flexibility index (Phi) is 6.46. The number of aliphatic hydroxyl groups excluding tert-OH is 1. The zero-order valence-electron chi connectivity index (χ0n) is 13.8. The van der Waals surface area contributed by atoms with Gasteiger partial charge in [-0.25, -0.2) is 0 Å². The van der Waals surface area contributed by atoms with E-state index in [-0.39, 0.29) is 29.4 Å². The molecule has 0 spiro atoms. The van der Waals surface area contributed by atoms with Gasteiger partial charge in [-0.15, -0.1) is 0 Å². The predicted molar refractivity (Wildman–Crippen MR) is 82.5 cm³/mol. The maximum absolute atomic E-state index is 12.1. The summed E-state index contributed by atoms with van der Waals surface area (Å²) < 4.78 is 0. The van der Waals surface area contributed by atoms with Crippen LogP contribution in [-0.2, 0) is 4.79 Å². The molecular formula is C16H32N2O2. The van der Waals surface area contributed by atoms with Gasteiger partial charge in [-0.3, -0.25) is 4.79 Å². The maximum atomic E-state index is 12.1. The molecule has 4 heteroatoms. The van der Waals surface area contributed by atoms with E-state index < -0.39 is 0 Å². The quantitative estimate of drug-likeness (QED) is 0.812. The lowest BCUT2D eigenvalue weighted by atomic mass is 9.88. The Morgan fingerprint density at radius 3 is 2.55 bits per heavy atom. The molecular weight excluding hydrogens is 252 g/mol. The fraction of sp³-hybridized carbons (Fsp3) is 0.938. The summed E-state index contributed by atoms with van der Waals surface area (Å²) in [6, 6.07) is 0.159. The molecule has 0 radical (unpaired) electrons. The lowest BCUT2D eigenvalue weighted by molar-refractivity contribution is -0.130. The number of unbranched alkanes of at least 4 members (excludes halogenated alkanes) is 1. The summed E-state index contributed by atoms with van der Waals surface area (Å²) in [5.74, 6) is 0.357. The minimum absolute atomic E-state index is 0.101. The van der Waals surface area contributed by atoms with Gasteiger partial charge in [0.15, 0.2) is 0 Å². The number of nitrogens with zero attached hydrogens (tertiary/aromatic N) is 1. The number of rotatable bonds is 5. The summed E-state index contributed by atoms with van der Waals surface area (Å²) in [6.07, 6.45) is 2.91. The molecule has 0 saturated carbocycles. The van der Waals surface area contributed by atoms with E-state index >= 15 is 0 Å². The van der Waals surface area contributed by atoms with Crippen LogP contribution in [0.3, 0.4) is 0 Å². The fourth-order valence-electron chi connectivity index (χ4n) is 2.65. The second-order valence-electron chi connectivity index (χ2n) is 7.27. The van der Waals surface area contributed by atoms with Gasteiger partial charge >= 0.3 is 0 Å². The van der Waals surface area contributed by atoms with Crippen molar-refractivity contribution in [2.75, 3.05) is 19.6 Å². The van der Waals surface area contributed by atoms with Crippen LogP contribution >= 0.6 is 0 Å². The maximum Gasteiger partial charge on any atom is 0.225 e. The molecule has 1 amide bonds. The molecule has 0 aromatic carbocycles. The van der Waals surface area contributed by atoms with Crippen LogP contribution in [-0.4, -0.2) is 47.7 Å². The highest BCUT2D eigenvalue weighted by atomic mass is 16.3. The molecule has 4 nitrogen and oxygen atoms in total. The molecule has 118 valence electrons. The van der Waals surface area contributed by atoms with Gasteiger partial charge in [0, 0.05) is 24.5 Å². The second-order valence-corrected chi connectivity index (χ2v) is 7.27. The van der Waals surface area contributed by atoms with Crippen molar-refractivity contribution in [3.63, 3.8) is 0 Å². The minimum Gasteiger partial charge on any atom is -0.393 e. The Morgan fingerprint density at radius 1 is 1.40 bits per heavy atom. The van der Waals surface area contributed by atoms with Crippen molar-refractivity contribution >= 4 is 5.91 Å². The molecule has 1 aliphatic heterocycles. The van der Waals surface area contributed by atoms with Crippen molar-refractivity contribution in [1.82, 2.24) is 10.2 Å². The summed E-state index contributed by atoms with van der Waals surface area (Å²) in [5, 5.41) is 13.1. The van der Waals surface area contributed by atoms with Crippen molar-refractivity contribution in [1.29, 1.82) is 0 Å². The number of carbonyl (C=O) groups excluding carboxylic acids is 1. The molecule has 1 saturated heterocycles. The highest BCUT2D eigenvalue weighted by Crippen LogP contribution is 2.22. The molecule has 20 heavy (non-hydrogen) atoms. The van der Waals surface area contributed by atoms with Crippen LogP contribution in [0.5, 0.6) is 0 Å². The Balaban J connectivity index is 2.62. The normalized spacial score (nSPS) is 26.3. The van der Waals surface area contributed by atoms with Gasteiger partial charge < -0.3 is 15.3 Å². The van der Waals surface area contributed by atoms with Gasteiger partial charge in [0.1, 0.15) is 0 Å². The Morgan fingerprint density at radius 2 is 2.05 bits per heavy atom. The molecule has 0 bridgehead atoms. The molecule has 0 aromatic rings. The van der Waals surface area contributed by atoms with Crippen molar-refractivity contribution in [3.05, 3.63) is 0 Å². The molecule has 0 aliphatic carbocycles. The average Bonchev–Trinajstić information content (AvgIpc) is 2.34. The number of carbonyl (C=O) groups is 1. The van der Waals surface area contributed by atoms with Gasteiger partial charge in [-0.05, 0) is 32.2 Å². The first-order valence-electron chi connectivity index (χ1n) is 7.95. The fourth-order valence-corrected chi connectivity index (χ4v) is 2.65. The van der Waals surface area contributed by atoms with Gasteiger partial charge in [-0.2, -0.15) is 0 Å². The van der Waals surface area contributed by atoms with Crippen LogP contribution in [0.2, 0.25) is 0 Å². The summed E-state index contributed by atoms with van der Waals surface area (Å²) in [5.41, 5.74) is -0.355. The topological polar surface area (TPSA) is 52.6 Å². The Bertz CT molecular complexity index is 310. The SMILES string of the molecule is CCCCN1CC(NC(=O)C(C)(C)C)CC(C(C)O)C1. The van der Waals surface area contributed by atoms with Crippen LogP contribution in [0, 0.1) is 11.3 Å². The zero-order chi connectivity index (χ0) is 15.3. The van der Waals surface area contributed by atoms with Gasteiger partial charge in [0.25, 0.3) is 0 Å². The number of hydrogen-bond donors (Lipinski definition) is 2. The van der Waals surface area contributed by atoms with Crippen molar-refractivity contribution in [3.8, 4) is 0 Å². The van der Waals surface area contributed by atoms with Crippen LogP contribution in [0.15, 0.2) is 0 Å². The summed E-state index contributed by atoms with van der Waals surface area (Å²) in [7, 11) is 0. The molecule has 1 aliphatic rings. The summed E-state index contributed by atoms with van der Waals surface area (Å²) in [4.78, 5) is 14.5. The van der Waals surface area contributed by atoms with Crippen LogP contribution in [0.1, 0.15) is 53.9 Å². The Hall–Kier alpha value is -0.610. The third-order valence-corrected chi connectivity index (χ3v) is 4.09. The number of piperidine rings is 1. The minimum atomic E-state index is -0.355. The first-order chi connectivity index (χ1) is 9.24. The van der Waals surface area contributed by atoms with Crippen LogP contribution < -0.4 is 5.32 Å². The molecule has 3 unspecified atom stereocenters. The van der Waals surface area contributed by atoms with Crippen molar-refractivity contribution in [2.45, 2.75) is 66.0 Å². The van der Waals surface area contributed by atoms with Crippen LogP contribution in [0.4, 0.5) is 0 Å². The molecule has 1 rings (SSSR count). The molecule has 1 heterocycles. The molecule has 3 atom stereocenters. The van der Waals surface area contributed by atoms with E-state index in [1.54, 1.807) is 0 Å². The van der Waals surface area contributed by atoms with E-state index in [0.717, 1.165) is 26.1 Å². The average molecular weight is 284 g/mol. The lowest BCUT2D eigenvalue weighted by Gasteiger charge is -2.40. The van der Waals surface area contributed by atoms with Gasteiger partial charge in [0.05, 0.1) is 6.10 Å². The van der Waals surface area contributed by atoms with E-state index in [1.807, 2.05) is 27.7 Å². The van der Waals surface area contributed by atoms with Crippen molar-refractivity contribution < 1.29 is 9.90 Å². The van der Waals surface area contributed by atoms with E-state index in [4.69, 9.17) is 0 Å². The van der Waals surface area contributed by atoms with Crippen LogP contribution in [0.25, 0.3) is 0 Å². The number of aliphatic hydroxyl groups is 1. The smallest absolute Gasteiger partial charge is 0.225 e. The largest absolute Gasteiger partial charge is 0.393 e. The number of amides is 1. The standard InChI is InChI=1S/C16H32N2O2/c1-6-7-8-18-10-13(12(2)19)9-14(11-18)17-15(20)16(3,4)5/h12-14,19H,6-11H2,1-5H3,(H,17,20). The van der Waals surface area contributed by atoms with Gasteiger partial charge in [-0.1, -0.05) is 34.1 Å². The highest BCUT2D eigenvalue weighted by molar-refractivity contribution is 5.81. The highest BCUT2D eigenvalue weighted by Gasteiger charge is 2.32. The first kappa shape index (κ1) is 17.4. The zero-order valence-corrected chi connectivity index (χ0v) is 13.8. The van der Waals surface area contributed by atoms with E-state index in [1.165, 1.54) is 12.8 Å². The van der Waals surface area contributed by atoms with Gasteiger partial charge in [0.2, 0.25) is 5.91 Å². The molecule has 2 N–H and O–H groups in total. The Labute approximate surface area is 123 Å². The third-order valence-electron chi connectivity index (χ3n) is 4.09. The summed E-state index contributed by atoms with van der Waals surface area (Å²) in [6.45, 7) is 12.8. The monoisotopic (exact) mass is 284 g/mol. The first-order valence-corrected chi connectivity index (χ1v) is 7.95. The lowest BCUT2D eigenvalue weighted by Crippen LogP contribution is -2.54. The third kappa shape index (κ3) is 5.41. The van der Waals surface area contributed by atoms with Crippen molar-refractivity contribution in [2.24, 2.45) is 11.3 Å². The number of hydrogen-bond acceptors (Lipinski definition) is 3. The molecule has 0 aromatic heterocycles. The summed E-state index contributed by atoms with van der Waals surface area (Å²) >= 11 is 0. The number of likely N-dealkylation sites (tertiary alicyclic amines) is 1. The van der Waals surface area contributed by atoms with E-state index in [0.29, 0.717) is 0 Å². The van der Waals surface area contributed by atoms with E-state index in [2.05, 4.69) is 17.1 Å². The predicted octanol–water partition coefficient (Wildman–Crippen LogP) is 2.02. The molecule has 1 fully saturated rings.